The van der Waals surface area contributed by atoms with Gasteiger partial charge in [-0.3, -0.25) is 4.79 Å². The first-order chi connectivity index (χ1) is 24.7. The molecule has 0 amide bonds. The van der Waals surface area contributed by atoms with Gasteiger partial charge in [-0.1, -0.05) is 235 Å². The fourth-order valence-corrected chi connectivity index (χ4v) is 5.29. The van der Waals surface area contributed by atoms with Crippen LogP contribution in [-0.4, -0.2) is 35.4 Å². The summed E-state index contributed by atoms with van der Waals surface area (Å²) < 4.78 is 0. The number of carboxylic acids is 2. The van der Waals surface area contributed by atoms with Crippen LogP contribution in [0.5, 0.6) is 0 Å². The Morgan fingerprint density at radius 3 is 0.679 bits per heavy atom. The summed E-state index contributed by atoms with van der Waals surface area (Å²) in [6.07, 6.45) is 38.8. The molecule has 0 aliphatic rings. The Morgan fingerprint density at radius 1 is 0.377 bits per heavy atom. The topological polar surface area (TPSA) is 147 Å². The van der Waals surface area contributed by atoms with Crippen LogP contribution >= 0.6 is 0 Å². The smallest absolute Gasteiger partial charge is 0.852 e. The number of hydrogen-bond donors (Lipinski definition) is 1. The van der Waals surface area contributed by atoms with Crippen molar-refractivity contribution in [2.75, 3.05) is 0 Å². The monoisotopic (exact) mass is 793 g/mol. The second-order valence-electron chi connectivity index (χ2n) is 15.3. The number of carbonyl (C=O) groups excluding carboxylic acids is 1. The van der Waals surface area contributed by atoms with Gasteiger partial charge in [0.2, 0.25) is 0 Å². The number of aliphatic carboxylic acids is 2. The van der Waals surface area contributed by atoms with Gasteiger partial charge in [-0.2, -0.15) is 0 Å². The molecule has 0 unspecified atom stereocenters. The molecular formula is C45H92O7Ti. The molecule has 0 fully saturated rings. The van der Waals surface area contributed by atoms with E-state index >= 15 is 0 Å². The number of carbonyl (C=O) groups is 2. The molecule has 0 bridgehead atoms. The van der Waals surface area contributed by atoms with Gasteiger partial charge in [0.15, 0.2) is 0 Å². The van der Waals surface area contributed by atoms with Gasteiger partial charge in [-0.25, -0.2) is 0 Å². The maximum Gasteiger partial charge on any atom is 4.00 e. The van der Waals surface area contributed by atoms with Crippen LogP contribution in [0.4, 0.5) is 0 Å². The van der Waals surface area contributed by atoms with Crippen molar-refractivity contribution < 1.29 is 56.8 Å². The molecule has 0 aliphatic carbocycles. The Hall–Kier alpha value is -0.466. The van der Waals surface area contributed by atoms with E-state index in [4.69, 9.17) is 5.11 Å². The summed E-state index contributed by atoms with van der Waals surface area (Å²) in [6.45, 7) is 14.2. The van der Waals surface area contributed by atoms with Crippen molar-refractivity contribution >= 4 is 11.9 Å². The van der Waals surface area contributed by atoms with Crippen molar-refractivity contribution in [1.29, 1.82) is 0 Å². The van der Waals surface area contributed by atoms with Crippen LogP contribution in [0.1, 0.15) is 261 Å². The second-order valence-corrected chi connectivity index (χ2v) is 15.3. The van der Waals surface area contributed by atoms with Crippen molar-refractivity contribution in [1.82, 2.24) is 0 Å². The normalized spacial score (nSPS) is 10.2. The van der Waals surface area contributed by atoms with E-state index in [-0.39, 0.29) is 28.1 Å². The fraction of sp³-hybridized carbons (Fsp3) is 0.956. The van der Waals surface area contributed by atoms with Crippen LogP contribution < -0.4 is 20.4 Å². The Labute approximate surface area is 346 Å². The summed E-state index contributed by atoms with van der Waals surface area (Å²) in [5.74, 6) is -1.56. The molecule has 53 heavy (non-hydrogen) atoms. The van der Waals surface area contributed by atoms with Gasteiger partial charge in [0, 0.05) is 12.4 Å². The minimum Gasteiger partial charge on any atom is -0.852 e. The average Bonchev–Trinajstić information content (AvgIpc) is 3.04. The van der Waals surface area contributed by atoms with Crippen molar-refractivity contribution in [2.45, 2.75) is 279 Å². The van der Waals surface area contributed by atoms with Crippen molar-refractivity contribution in [3.05, 3.63) is 0 Å². The van der Waals surface area contributed by atoms with Gasteiger partial charge in [0.1, 0.15) is 0 Å². The molecule has 0 heterocycles. The van der Waals surface area contributed by atoms with E-state index in [9.17, 15) is 30.0 Å². The zero-order chi connectivity index (χ0) is 40.5. The van der Waals surface area contributed by atoms with E-state index in [1.807, 2.05) is 0 Å². The zero-order valence-corrected chi connectivity index (χ0v) is 38.3. The van der Waals surface area contributed by atoms with Gasteiger partial charge >= 0.3 is 27.7 Å². The third-order valence-electron chi connectivity index (χ3n) is 7.98. The number of rotatable bonds is 32. The van der Waals surface area contributed by atoms with Crippen LogP contribution in [0.15, 0.2) is 0 Å². The number of carboxylic acid groups (broad SMARTS) is 2. The first-order valence-electron chi connectivity index (χ1n) is 22.1. The van der Waals surface area contributed by atoms with E-state index in [2.05, 4.69) is 13.8 Å². The Bertz CT molecular complexity index is 563. The van der Waals surface area contributed by atoms with Crippen LogP contribution in [0.25, 0.3) is 0 Å². The van der Waals surface area contributed by atoms with E-state index in [0.717, 1.165) is 25.7 Å². The molecule has 0 saturated carbocycles. The van der Waals surface area contributed by atoms with Gasteiger partial charge in [-0.05, 0) is 19.3 Å². The first-order valence-corrected chi connectivity index (χ1v) is 22.1. The van der Waals surface area contributed by atoms with Crippen molar-refractivity contribution in [3.63, 3.8) is 0 Å². The molecule has 318 valence electrons. The van der Waals surface area contributed by atoms with Gasteiger partial charge in [0.05, 0.1) is 0 Å². The summed E-state index contributed by atoms with van der Waals surface area (Å²) >= 11 is 0. The Kier molecular flexibility index (Phi) is 73.9. The molecule has 0 aromatic carbocycles. The summed E-state index contributed by atoms with van der Waals surface area (Å²) in [5, 5.41) is 47.3. The SMILES string of the molecule is CC(C)[O-].CC(C)[O-].CC(C)[O-].CCCCCCCCCCCCCCCCCC(=O)O.CCCCCCCCCCCCCCCCCC(=O)[O-].[Ti+4]. The molecule has 0 aliphatic heterocycles. The molecule has 8 heteroatoms. The zero-order valence-electron chi connectivity index (χ0n) is 36.8. The van der Waals surface area contributed by atoms with E-state index in [1.54, 1.807) is 41.5 Å². The second kappa shape index (κ2) is 60.8. The molecule has 0 saturated heterocycles. The first kappa shape index (κ1) is 64.4. The third kappa shape index (κ3) is 112. The van der Waals surface area contributed by atoms with Gasteiger partial charge in [-0.15, -0.1) is 18.3 Å². The Morgan fingerprint density at radius 2 is 0.528 bits per heavy atom. The molecule has 7 nitrogen and oxygen atoms in total. The molecule has 0 radical (unpaired) electrons. The van der Waals surface area contributed by atoms with Crippen LogP contribution in [0.3, 0.4) is 0 Å². The molecule has 0 aromatic rings. The van der Waals surface area contributed by atoms with E-state index < -0.39 is 30.3 Å². The third-order valence-corrected chi connectivity index (χ3v) is 7.98. The van der Waals surface area contributed by atoms with Crippen LogP contribution in [0.2, 0.25) is 0 Å². The Balaban J connectivity index is -0.000000157. The van der Waals surface area contributed by atoms with Crippen molar-refractivity contribution in [2.24, 2.45) is 0 Å². The minimum atomic E-state index is -0.903. The summed E-state index contributed by atoms with van der Waals surface area (Å²) in [4.78, 5) is 20.6. The van der Waals surface area contributed by atoms with E-state index in [1.165, 1.54) is 167 Å². The van der Waals surface area contributed by atoms with Crippen LogP contribution in [-0.2, 0) is 31.3 Å². The molecule has 0 atom stereocenters. The molecule has 1 N–H and O–H groups in total. The average molecular weight is 793 g/mol. The molecular weight excluding hydrogens is 700 g/mol. The van der Waals surface area contributed by atoms with Gasteiger partial charge in [0.25, 0.3) is 0 Å². The van der Waals surface area contributed by atoms with E-state index in [0.29, 0.717) is 6.42 Å². The van der Waals surface area contributed by atoms with Crippen molar-refractivity contribution in [3.8, 4) is 0 Å². The van der Waals surface area contributed by atoms with Gasteiger partial charge < -0.3 is 30.3 Å². The summed E-state index contributed by atoms with van der Waals surface area (Å²) in [7, 11) is 0. The molecule has 0 rings (SSSR count). The van der Waals surface area contributed by atoms with Crippen LogP contribution in [0, 0.1) is 0 Å². The maximum atomic E-state index is 10.3. The fourth-order valence-electron chi connectivity index (χ4n) is 5.29. The standard InChI is InChI=1S/2C18H36O2.3C3H7O.Ti/c2*1-2-3-4-5-6-7-8-9-10-11-12-13-14-15-16-17-18(19)20;3*1-3(2)4;/h2*2-17H2,1H3,(H,19,20);3*3H,1-2H3;/q;;3*-1;+4/p-1. The largest absolute Gasteiger partial charge is 4.00 e. The number of unbranched alkanes of at least 4 members (excludes halogenated alkanes) is 28. The molecule has 0 spiro atoms. The minimum absolute atomic E-state index is 0. The summed E-state index contributed by atoms with van der Waals surface area (Å²) in [6, 6.07) is 0. The predicted molar refractivity (Wildman–Crippen MR) is 217 cm³/mol. The summed E-state index contributed by atoms with van der Waals surface area (Å²) in [5.41, 5.74) is 0. The maximum absolute atomic E-state index is 10.3. The predicted octanol–water partition coefficient (Wildman–Crippen LogP) is 10.6. The molecule has 0 aromatic heterocycles. The quantitative estimate of drug-likeness (QED) is 0.0527. The number of hydrogen-bond acceptors (Lipinski definition) is 6.